The van der Waals surface area contributed by atoms with Crippen LogP contribution < -0.4 is 0 Å². The van der Waals surface area contributed by atoms with Crippen LogP contribution in [-0.4, -0.2) is 20.2 Å². The summed E-state index contributed by atoms with van der Waals surface area (Å²) in [5.41, 5.74) is 1.39. The highest BCUT2D eigenvalue weighted by molar-refractivity contribution is 5.21. The van der Waals surface area contributed by atoms with Crippen LogP contribution in [0.25, 0.3) is 0 Å². The van der Waals surface area contributed by atoms with Crippen LogP contribution in [0.1, 0.15) is 19.3 Å². The van der Waals surface area contributed by atoms with Gasteiger partial charge in [0.15, 0.2) is 0 Å². The van der Waals surface area contributed by atoms with Crippen molar-refractivity contribution in [1.29, 1.82) is 0 Å². The van der Waals surface area contributed by atoms with E-state index in [9.17, 15) is 0 Å². The van der Waals surface area contributed by atoms with Crippen molar-refractivity contribution in [2.45, 2.75) is 25.8 Å². The summed E-state index contributed by atoms with van der Waals surface area (Å²) in [6.07, 6.45) is 11.7. The van der Waals surface area contributed by atoms with Crippen LogP contribution in [0.15, 0.2) is 30.1 Å². The number of aryl methyl sites for hydroxylation is 1. The van der Waals surface area contributed by atoms with Crippen molar-refractivity contribution < 1.29 is 0 Å². The molecule has 68 valence electrons. The van der Waals surface area contributed by atoms with Crippen LogP contribution in [0, 0.1) is 0 Å². The number of hydrogen-bond donors (Lipinski definition) is 0. The third-order valence-electron chi connectivity index (χ3n) is 2.09. The lowest BCUT2D eigenvalue weighted by atomic mass is 10.0. The van der Waals surface area contributed by atoms with Gasteiger partial charge in [-0.1, -0.05) is 23.8 Å². The summed E-state index contributed by atoms with van der Waals surface area (Å²) in [4.78, 5) is 0. The van der Waals surface area contributed by atoms with Crippen LogP contribution in [0.2, 0.25) is 0 Å². The minimum atomic E-state index is 0.864. The Kier molecular flexibility index (Phi) is 2.50. The highest BCUT2D eigenvalue weighted by Crippen LogP contribution is 2.13. The van der Waals surface area contributed by atoms with Gasteiger partial charge >= 0.3 is 0 Å². The molecule has 0 radical (unpaired) electrons. The number of rotatable bonds is 3. The molecule has 1 aromatic heterocycles. The second-order valence-electron chi connectivity index (χ2n) is 3.08. The predicted molar refractivity (Wildman–Crippen MR) is 48.9 cm³/mol. The van der Waals surface area contributed by atoms with Crippen LogP contribution in [0.5, 0.6) is 0 Å². The predicted octanol–water partition coefficient (Wildman–Crippen LogP) is 1.34. The van der Waals surface area contributed by atoms with Crippen LogP contribution >= 0.6 is 0 Å². The second kappa shape index (κ2) is 3.98. The fourth-order valence-electron chi connectivity index (χ4n) is 1.38. The largest absolute Gasteiger partial charge is 0.232 e. The Balaban J connectivity index is 1.86. The van der Waals surface area contributed by atoms with E-state index in [2.05, 4.69) is 33.8 Å². The molecule has 1 heterocycles. The zero-order chi connectivity index (χ0) is 8.93. The Bertz CT molecular complexity index is 310. The highest BCUT2D eigenvalue weighted by Gasteiger charge is 1.98. The highest BCUT2D eigenvalue weighted by atomic mass is 15.5. The Morgan fingerprint density at radius 3 is 3.08 bits per heavy atom. The normalized spacial score (nSPS) is 15.8. The number of tetrazole rings is 1. The summed E-state index contributed by atoms with van der Waals surface area (Å²) in [6, 6.07) is 0. The molecule has 1 aliphatic carbocycles. The van der Waals surface area contributed by atoms with E-state index in [-0.39, 0.29) is 0 Å². The van der Waals surface area contributed by atoms with Crippen molar-refractivity contribution in [1.82, 2.24) is 20.2 Å². The summed E-state index contributed by atoms with van der Waals surface area (Å²) in [5.74, 6) is 0. The molecule has 1 aliphatic rings. The maximum Gasteiger partial charge on any atom is 0.138 e. The summed E-state index contributed by atoms with van der Waals surface area (Å²) < 4.78 is 1.75. The van der Waals surface area contributed by atoms with E-state index < -0.39 is 0 Å². The van der Waals surface area contributed by atoms with Crippen molar-refractivity contribution in [3.8, 4) is 0 Å². The molecule has 0 atom stereocenters. The van der Waals surface area contributed by atoms with Gasteiger partial charge < -0.3 is 0 Å². The molecule has 4 nitrogen and oxygen atoms in total. The molecular formula is C9H12N4. The first-order chi connectivity index (χ1) is 6.45. The lowest BCUT2D eigenvalue weighted by Gasteiger charge is -2.05. The zero-order valence-corrected chi connectivity index (χ0v) is 7.43. The van der Waals surface area contributed by atoms with Crippen molar-refractivity contribution in [3.63, 3.8) is 0 Å². The molecule has 0 bridgehead atoms. The molecule has 2 rings (SSSR count). The SMILES string of the molecule is C1=CC(CCn2cnnn2)=CCC1. The van der Waals surface area contributed by atoms with Crippen molar-refractivity contribution in [3.05, 3.63) is 30.1 Å². The van der Waals surface area contributed by atoms with E-state index in [1.54, 1.807) is 11.0 Å². The van der Waals surface area contributed by atoms with Gasteiger partial charge in [0.1, 0.15) is 6.33 Å². The fraction of sp³-hybridized carbons (Fsp3) is 0.444. The number of aromatic nitrogens is 4. The molecule has 0 fully saturated rings. The van der Waals surface area contributed by atoms with E-state index in [0.717, 1.165) is 13.0 Å². The minimum Gasteiger partial charge on any atom is -0.232 e. The Hall–Kier alpha value is -1.45. The molecule has 1 aromatic rings. The topological polar surface area (TPSA) is 43.6 Å². The van der Waals surface area contributed by atoms with Gasteiger partial charge in [-0.3, -0.25) is 0 Å². The van der Waals surface area contributed by atoms with Gasteiger partial charge in [-0.15, -0.1) is 5.10 Å². The third kappa shape index (κ3) is 2.24. The first kappa shape index (κ1) is 8.16. The number of hydrogen-bond acceptors (Lipinski definition) is 3. The molecule has 0 N–H and O–H groups in total. The van der Waals surface area contributed by atoms with E-state index in [4.69, 9.17) is 0 Å². The molecule has 0 aliphatic heterocycles. The number of nitrogens with zero attached hydrogens (tertiary/aromatic N) is 4. The maximum atomic E-state index is 3.80. The molecule has 0 spiro atoms. The van der Waals surface area contributed by atoms with Gasteiger partial charge in [0, 0.05) is 6.54 Å². The molecule has 0 saturated heterocycles. The van der Waals surface area contributed by atoms with Gasteiger partial charge in [-0.05, 0) is 29.7 Å². The quantitative estimate of drug-likeness (QED) is 0.698. The monoisotopic (exact) mass is 176 g/mol. The van der Waals surface area contributed by atoms with Crippen molar-refractivity contribution in [2.75, 3.05) is 0 Å². The van der Waals surface area contributed by atoms with Gasteiger partial charge in [-0.2, -0.15) is 0 Å². The van der Waals surface area contributed by atoms with Crippen molar-refractivity contribution in [2.24, 2.45) is 0 Å². The van der Waals surface area contributed by atoms with Gasteiger partial charge in [0.2, 0.25) is 0 Å². The van der Waals surface area contributed by atoms with Gasteiger partial charge in [-0.25, -0.2) is 4.68 Å². The first-order valence-electron chi connectivity index (χ1n) is 4.51. The summed E-state index contributed by atoms with van der Waals surface area (Å²) in [5, 5.41) is 11.0. The third-order valence-corrected chi connectivity index (χ3v) is 2.09. The van der Waals surface area contributed by atoms with Gasteiger partial charge in [0.25, 0.3) is 0 Å². The summed E-state index contributed by atoms with van der Waals surface area (Å²) in [6.45, 7) is 0.864. The average molecular weight is 176 g/mol. The zero-order valence-electron chi connectivity index (χ0n) is 7.43. The summed E-state index contributed by atoms with van der Waals surface area (Å²) in [7, 11) is 0. The smallest absolute Gasteiger partial charge is 0.138 e. The van der Waals surface area contributed by atoms with Gasteiger partial charge in [0.05, 0.1) is 0 Å². The average Bonchev–Trinajstić information content (AvgIpc) is 2.69. The molecular weight excluding hydrogens is 164 g/mol. The lowest BCUT2D eigenvalue weighted by molar-refractivity contribution is 0.588. The Morgan fingerprint density at radius 1 is 1.38 bits per heavy atom. The fourth-order valence-corrected chi connectivity index (χ4v) is 1.38. The van der Waals surface area contributed by atoms with E-state index in [0.29, 0.717) is 0 Å². The molecule has 13 heavy (non-hydrogen) atoms. The maximum absolute atomic E-state index is 3.80. The van der Waals surface area contributed by atoms with E-state index in [1.807, 2.05) is 0 Å². The van der Waals surface area contributed by atoms with Crippen molar-refractivity contribution >= 4 is 0 Å². The van der Waals surface area contributed by atoms with Crippen LogP contribution in [-0.2, 0) is 6.54 Å². The first-order valence-corrected chi connectivity index (χ1v) is 4.51. The Morgan fingerprint density at radius 2 is 2.38 bits per heavy atom. The molecule has 0 unspecified atom stereocenters. The second-order valence-corrected chi connectivity index (χ2v) is 3.08. The molecule has 0 amide bonds. The van der Waals surface area contributed by atoms with E-state index in [1.165, 1.54) is 18.4 Å². The van der Waals surface area contributed by atoms with Crippen LogP contribution in [0.4, 0.5) is 0 Å². The van der Waals surface area contributed by atoms with Crippen LogP contribution in [0.3, 0.4) is 0 Å². The standard InChI is InChI=1S/C9H12N4/c1-2-4-9(5-3-1)6-7-13-8-10-11-12-13/h2,4-5,8H,1,3,6-7H2. The number of allylic oxidation sites excluding steroid dienone is 4. The lowest BCUT2D eigenvalue weighted by Crippen LogP contribution is -2.00. The molecule has 4 heteroatoms. The Labute approximate surface area is 76.9 Å². The molecule has 0 aromatic carbocycles. The van der Waals surface area contributed by atoms with E-state index >= 15 is 0 Å². The summed E-state index contributed by atoms with van der Waals surface area (Å²) >= 11 is 0. The minimum absolute atomic E-state index is 0.864. The molecule has 0 saturated carbocycles.